The van der Waals surface area contributed by atoms with E-state index in [1.807, 2.05) is 0 Å². The molecule has 1 aromatic heterocycles. The summed E-state index contributed by atoms with van der Waals surface area (Å²) < 4.78 is 2.37. The number of hydrogen-bond donors (Lipinski definition) is 1. The van der Waals surface area contributed by atoms with Crippen molar-refractivity contribution >= 4 is 0 Å². The molecule has 0 spiro atoms. The molecule has 1 N–H and O–H groups in total. The maximum atomic E-state index is 4.48. The number of hydrogen-bond acceptors (Lipinski definition) is 3. The first-order chi connectivity index (χ1) is 9.58. The molecule has 0 bridgehead atoms. The number of aryl methyl sites for hydroxylation is 1. The van der Waals surface area contributed by atoms with Gasteiger partial charge in [-0.3, -0.25) is 0 Å². The minimum atomic E-state index is 0.303. The van der Waals surface area contributed by atoms with Crippen molar-refractivity contribution in [1.29, 1.82) is 0 Å². The molecule has 4 nitrogen and oxygen atoms in total. The molecule has 1 fully saturated rings. The second-order valence-electron chi connectivity index (χ2n) is 7.26. The Morgan fingerprint density at radius 1 is 1.20 bits per heavy atom. The Morgan fingerprint density at radius 3 is 2.80 bits per heavy atom. The fourth-order valence-electron chi connectivity index (χ4n) is 3.84. The van der Waals surface area contributed by atoms with Crippen molar-refractivity contribution < 1.29 is 0 Å². The molecule has 4 heteroatoms. The van der Waals surface area contributed by atoms with Crippen LogP contribution in [0.3, 0.4) is 0 Å². The molecular formula is C16H28N4. The minimum absolute atomic E-state index is 0.303. The van der Waals surface area contributed by atoms with Gasteiger partial charge in [-0.1, -0.05) is 26.7 Å². The van der Waals surface area contributed by atoms with Crippen LogP contribution in [0.2, 0.25) is 0 Å². The molecule has 1 saturated carbocycles. The van der Waals surface area contributed by atoms with E-state index >= 15 is 0 Å². The molecule has 1 aliphatic heterocycles. The summed E-state index contributed by atoms with van der Waals surface area (Å²) in [6.45, 7) is 8.11. The predicted molar refractivity (Wildman–Crippen MR) is 80.5 cm³/mol. The van der Waals surface area contributed by atoms with E-state index in [2.05, 4.69) is 40.9 Å². The van der Waals surface area contributed by atoms with Gasteiger partial charge in [0.1, 0.15) is 11.6 Å². The Kier molecular flexibility index (Phi) is 3.85. The largest absolute Gasteiger partial charge is 0.314 e. The van der Waals surface area contributed by atoms with Crippen LogP contribution in [-0.2, 0) is 13.0 Å². The van der Waals surface area contributed by atoms with Gasteiger partial charge in [-0.25, -0.2) is 0 Å². The Labute approximate surface area is 122 Å². The minimum Gasteiger partial charge on any atom is -0.314 e. The molecule has 112 valence electrons. The first-order valence-electron chi connectivity index (χ1n) is 8.26. The molecular weight excluding hydrogens is 248 g/mol. The lowest BCUT2D eigenvalue weighted by Crippen LogP contribution is -2.40. The van der Waals surface area contributed by atoms with Crippen molar-refractivity contribution in [2.45, 2.75) is 84.3 Å². The van der Waals surface area contributed by atoms with Crippen molar-refractivity contribution in [1.82, 2.24) is 20.1 Å². The lowest BCUT2D eigenvalue weighted by atomic mass is 9.87. The number of nitrogens with zero attached hydrogens (tertiary/aromatic N) is 3. The zero-order valence-corrected chi connectivity index (χ0v) is 13.2. The van der Waals surface area contributed by atoms with Gasteiger partial charge in [0, 0.05) is 19.0 Å². The predicted octanol–water partition coefficient (Wildman–Crippen LogP) is 3.23. The highest BCUT2D eigenvalue weighted by Crippen LogP contribution is 2.38. The number of fused-ring (bicyclic) bond motifs is 1. The number of rotatable bonds is 3. The van der Waals surface area contributed by atoms with Crippen molar-refractivity contribution in [2.75, 3.05) is 0 Å². The van der Waals surface area contributed by atoms with E-state index < -0.39 is 0 Å². The first-order valence-corrected chi connectivity index (χ1v) is 8.26. The van der Waals surface area contributed by atoms with Gasteiger partial charge >= 0.3 is 0 Å². The zero-order valence-electron chi connectivity index (χ0n) is 13.2. The third-order valence-electron chi connectivity index (χ3n) is 5.23. The van der Waals surface area contributed by atoms with E-state index in [-0.39, 0.29) is 0 Å². The fourth-order valence-corrected chi connectivity index (χ4v) is 3.84. The van der Waals surface area contributed by atoms with E-state index in [4.69, 9.17) is 0 Å². The second kappa shape index (κ2) is 5.47. The molecule has 1 aromatic rings. The summed E-state index contributed by atoms with van der Waals surface area (Å²) in [6, 6.07) is 0.910. The van der Waals surface area contributed by atoms with Gasteiger partial charge < -0.3 is 9.88 Å². The smallest absolute Gasteiger partial charge is 0.149 e. The molecule has 0 radical (unpaired) electrons. The standard InChI is InChI=1S/C16H28N4/c1-12(17-13-8-7-10-16(13,2)3)15-19-18-14-9-5-4-6-11-20(14)15/h12-13,17H,4-11H2,1-3H3. The molecule has 2 unspecified atom stereocenters. The summed E-state index contributed by atoms with van der Waals surface area (Å²) in [5, 5.41) is 12.7. The Morgan fingerprint density at radius 2 is 2.05 bits per heavy atom. The molecule has 1 aliphatic carbocycles. The van der Waals surface area contributed by atoms with Crippen LogP contribution in [0.5, 0.6) is 0 Å². The van der Waals surface area contributed by atoms with Gasteiger partial charge in [-0.2, -0.15) is 0 Å². The lowest BCUT2D eigenvalue weighted by Gasteiger charge is -2.30. The van der Waals surface area contributed by atoms with E-state index in [1.165, 1.54) is 44.3 Å². The van der Waals surface area contributed by atoms with Crippen molar-refractivity contribution in [3.8, 4) is 0 Å². The first kappa shape index (κ1) is 14.1. The van der Waals surface area contributed by atoms with Crippen LogP contribution in [0.1, 0.15) is 77.0 Å². The second-order valence-corrected chi connectivity index (χ2v) is 7.26. The highest BCUT2D eigenvalue weighted by molar-refractivity contribution is 5.04. The van der Waals surface area contributed by atoms with Gasteiger partial charge in [0.05, 0.1) is 6.04 Å². The Balaban J connectivity index is 1.74. The lowest BCUT2D eigenvalue weighted by molar-refractivity contribution is 0.261. The molecule has 2 atom stereocenters. The highest BCUT2D eigenvalue weighted by atomic mass is 15.3. The van der Waals surface area contributed by atoms with Crippen molar-refractivity contribution in [2.24, 2.45) is 5.41 Å². The Bertz CT molecular complexity index is 463. The molecule has 0 aromatic carbocycles. The molecule has 3 rings (SSSR count). The van der Waals surface area contributed by atoms with E-state index in [1.54, 1.807) is 0 Å². The quantitative estimate of drug-likeness (QED) is 0.921. The summed E-state index contributed by atoms with van der Waals surface area (Å²) in [7, 11) is 0. The molecule has 0 amide bonds. The summed E-state index contributed by atoms with van der Waals surface area (Å²) in [5.74, 6) is 2.33. The molecule has 2 heterocycles. The van der Waals surface area contributed by atoms with Crippen LogP contribution in [-0.4, -0.2) is 20.8 Å². The van der Waals surface area contributed by atoms with Crippen LogP contribution < -0.4 is 5.32 Å². The van der Waals surface area contributed by atoms with Gasteiger partial charge in [0.2, 0.25) is 0 Å². The van der Waals surface area contributed by atoms with E-state index in [0.29, 0.717) is 17.5 Å². The third-order valence-corrected chi connectivity index (χ3v) is 5.23. The van der Waals surface area contributed by atoms with Gasteiger partial charge in [-0.05, 0) is 38.0 Å². The SMILES string of the molecule is CC(NC1CCCC1(C)C)c1nnc2n1CCCCC2. The summed E-state index contributed by atoms with van der Waals surface area (Å²) in [5.41, 5.74) is 0.413. The topological polar surface area (TPSA) is 42.7 Å². The summed E-state index contributed by atoms with van der Waals surface area (Å²) in [4.78, 5) is 0. The van der Waals surface area contributed by atoms with Crippen LogP contribution >= 0.6 is 0 Å². The summed E-state index contributed by atoms with van der Waals surface area (Å²) >= 11 is 0. The average Bonchev–Trinajstić information content (AvgIpc) is 2.85. The van der Waals surface area contributed by atoms with Crippen LogP contribution in [0.4, 0.5) is 0 Å². The molecule has 2 aliphatic rings. The van der Waals surface area contributed by atoms with Crippen LogP contribution in [0.15, 0.2) is 0 Å². The van der Waals surface area contributed by atoms with E-state index in [0.717, 1.165) is 18.8 Å². The normalized spacial score (nSPS) is 27.1. The fraction of sp³-hybridized carbons (Fsp3) is 0.875. The maximum Gasteiger partial charge on any atom is 0.149 e. The third kappa shape index (κ3) is 2.62. The monoisotopic (exact) mass is 276 g/mol. The van der Waals surface area contributed by atoms with E-state index in [9.17, 15) is 0 Å². The van der Waals surface area contributed by atoms with Gasteiger partial charge in [-0.15, -0.1) is 10.2 Å². The van der Waals surface area contributed by atoms with Crippen LogP contribution in [0.25, 0.3) is 0 Å². The van der Waals surface area contributed by atoms with Gasteiger partial charge in [0.15, 0.2) is 0 Å². The Hall–Kier alpha value is -0.900. The summed E-state index contributed by atoms with van der Waals surface area (Å²) in [6.07, 6.45) is 8.90. The number of aromatic nitrogens is 3. The average molecular weight is 276 g/mol. The van der Waals surface area contributed by atoms with Gasteiger partial charge in [0.25, 0.3) is 0 Å². The van der Waals surface area contributed by atoms with Crippen LogP contribution in [0, 0.1) is 5.41 Å². The molecule has 0 saturated heterocycles. The van der Waals surface area contributed by atoms with Crippen molar-refractivity contribution in [3.63, 3.8) is 0 Å². The number of nitrogens with one attached hydrogen (secondary N) is 1. The molecule has 20 heavy (non-hydrogen) atoms. The van der Waals surface area contributed by atoms with Crippen molar-refractivity contribution in [3.05, 3.63) is 11.6 Å². The zero-order chi connectivity index (χ0) is 14.2. The highest BCUT2D eigenvalue weighted by Gasteiger charge is 2.35. The maximum absolute atomic E-state index is 4.48.